The Morgan fingerprint density at radius 2 is 1.74 bits per heavy atom. The van der Waals surface area contributed by atoms with Gasteiger partial charge in [0.15, 0.2) is 0 Å². The summed E-state index contributed by atoms with van der Waals surface area (Å²) in [4.78, 5) is 36.1. The third-order valence-electron chi connectivity index (χ3n) is 3.74. The Labute approximate surface area is 161 Å². The molecule has 1 rings (SSSR count). The van der Waals surface area contributed by atoms with Gasteiger partial charge in [-0.2, -0.15) is 0 Å². The van der Waals surface area contributed by atoms with Gasteiger partial charge in [-0.3, -0.25) is 4.79 Å². The summed E-state index contributed by atoms with van der Waals surface area (Å²) in [6.07, 6.45) is 1.74. The van der Waals surface area contributed by atoms with E-state index in [1.54, 1.807) is 27.7 Å². The van der Waals surface area contributed by atoms with Gasteiger partial charge in [0.1, 0.15) is 17.4 Å². The van der Waals surface area contributed by atoms with Crippen molar-refractivity contribution < 1.29 is 23.9 Å². The van der Waals surface area contributed by atoms with Crippen molar-refractivity contribution in [1.29, 1.82) is 0 Å². The minimum absolute atomic E-state index is 0.0613. The molecule has 1 N–H and O–H groups in total. The van der Waals surface area contributed by atoms with E-state index < -0.39 is 23.7 Å². The fourth-order valence-corrected chi connectivity index (χ4v) is 2.51. The highest BCUT2D eigenvalue weighted by molar-refractivity contribution is 5.83. The average Bonchev–Trinajstić information content (AvgIpc) is 2.58. The van der Waals surface area contributed by atoms with Crippen LogP contribution in [0.1, 0.15) is 58.9 Å². The monoisotopic (exact) mass is 377 g/mol. The van der Waals surface area contributed by atoms with Gasteiger partial charge in [0, 0.05) is 12.8 Å². The lowest BCUT2D eigenvalue weighted by Gasteiger charge is -2.22. The van der Waals surface area contributed by atoms with E-state index in [2.05, 4.69) is 5.32 Å². The van der Waals surface area contributed by atoms with Crippen LogP contribution in [0.15, 0.2) is 30.3 Å². The van der Waals surface area contributed by atoms with Gasteiger partial charge >= 0.3 is 12.1 Å². The highest BCUT2D eigenvalue weighted by Crippen LogP contribution is 2.11. The molecule has 1 aromatic carbocycles. The molecule has 0 saturated carbocycles. The fraction of sp³-hybridized carbons (Fsp3) is 0.571. The van der Waals surface area contributed by atoms with Gasteiger partial charge in [-0.15, -0.1) is 0 Å². The number of ketones is 1. The number of carbonyl (C=O) groups is 3. The summed E-state index contributed by atoms with van der Waals surface area (Å²) in [6, 6.07) is 9.09. The third kappa shape index (κ3) is 10.4. The molecule has 0 fully saturated rings. The molecule has 0 radical (unpaired) electrons. The summed E-state index contributed by atoms with van der Waals surface area (Å²) in [7, 11) is 0. The maximum Gasteiger partial charge on any atom is 0.408 e. The number of esters is 1. The first kappa shape index (κ1) is 22.7. The molecule has 1 atom stereocenters. The summed E-state index contributed by atoms with van der Waals surface area (Å²) in [5.74, 6) is -0.494. The molecular weight excluding hydrogens is 346 g/mol. The third-order valence-corrected chi connectivity index (χ3v) is 3.74. The van der Waals surface area contributed by atoms with E-state index in [-0.39, 0.29) is 25.2 Å². The van der Waals surface area contributed by atoms with Crippen molar-refractivity contribution in [2.75, 3.05) is 6.61 Å². The Morgan fingerprint density at radius 3 is 2.33 bits per heavy atom. The van der Waals surface area contributed by atoms with E-state index in [0.29, 0.717) is 6.42 Å². The first-order chi connectivity index (χ1) is 12.7. The first-order valence-corrected chi connectivity index (χ1v) is 9.43. The van der Waals surface area contributed by atoms with Gasteiger partial charge in [0.25, 0.3) is 0 Å². The molecule has 150 valence electrons. The van der Waals surface area contributed by atoms with E-state index in [4.69, 9.17) is 9.47 Å². The SMILES string of the molecule is CCOC(=O)[C@H](CCC(=O)CCCc1ccccc1)NC(=O)OC(C)(C)C. The average molecular weight is 377 g/mol. The predicted molar refractivity (Wildman–Crippen MR) is 103 cm³/mol. The molecule has 27 heavy (non-hydrogen) atoms. The van der Waals surface area contributed by atoms with Crippen LogP contribution in [-0.2, 0) is 25.5 Å². The van der Waals surface area contributed by atoms with Crippen LogP contribution in [0.5, 0.6) is 0 Å². The lowest BCUT2D eigenvalue weighted by atomic mass is 10.0. The molecule has 6 heteroatoms. The number of nitrogens with one attached hydrogen (secondary N) is 1. The van der Waals surface area contributed by atoms with Crippen LogP contribution in [0, 0.1) is 0 Å². The smallest absolute Gasteiger partial charge is 0.408 e. The van der Waals surface area contributed by atoms with Crippen LogP contribution in [0.3, 0.4) is 0 Å². The largest absolute Gasteiger partial charge is 0.464 e. The number of aryl methyl sites for hydroxylation is 1. The molecule has 0 spiro atoms. The molecule has 0 aromatic heterocycles. The van der Waals surface area contributed by atoms with Crippen molar-refractivity contribution in [2.45, 2.75) is 71.4 Å². The van der Waals surface area contributed by atoms with Gasteiger partial charge in [-0.05, 0) is 52.5 Å². The normalized spacial score (nSPS) is 12.1. The number of amides is 1. The van der Waals surface area contributed by atoms with Crippen LogP contribution in [0.2, 0.25) is 0 Å². The topological polar surface area (TPSA) is 81.7 Å². The Kier molecular flexibility index (Phi) is 9.54. The van der Waals surface area contributed by atoms with Crippen molar-refractivity contribution in [3.63, 3.8) is 0 Å². The number of hydrogen-bond donors (Lipinski definition) is 1. The van der Waals surface area contributed by atoms with E-state index in [1.807, 2.05) is 30.3 Å². The number of carbonyl (C=O) groups excluding carboxylic acids is 3. The molecule has 0 bridgehead atoms. The molecule has 1 amide bonds. The fourth-order valence-electron chi connectivity index (χ4n) is 2.51. The predicted octanol–water partition coefficient (Wildman–Crippen LogP) is 3.82. The van der Waals surface area contributed by atoms with Crippen LogP contribution in [0.25, 0.3) is 0 Å². The van der Waals surface area contributed by atoms with Crippen LogP contribution >= 0.6 is 0 Å². The second-order valence-electron chi connectivity index (χ2n) is 7.37. The van der Waals surface area contributed by atoms with E-state index >= 15 is 0 Å². The molecule has 0 aliphatic carbocycles. The Hall–Kier alpha value is -2.37. The second-order valence-corrected chi connectivity index (χ2v) is 7.37. The second kappa shape index (κ2) is 11.4. The molecule has 0 unspecified atom stereocenters. The zero-order valence-electron chi connectivity index (χ0n) is 16.7. The molecule has 0 aliphatic heterocycles. The first-order valence-electron chi connectivity index (χ1n) is 9.43. The van der Waals surface area contributed by atoms with Crippen LogP contribution in [-0.4, -0.2) is 36.1 Å². The number of benzene rings is 1. The summed E-state index contributed by atoms with van der Waals surface area (Å²) in [6.45, 7) is 7.11. The number of Topliss-reactive ketones (excluding diaryl/α,β-unsaturated/α-hetero) is 1. The van der Waals surface area contributed by atoms with Gasteiger partial charge in [0.2, 0.25) is 0 Å². The minimum Gasteiger partial charge on any atom is -0.464 e. The number of ether oxygens (including phenoxy) is 2. The molecular formula is C21H31NO5. The van der Waals surface area contributed by atoms with Crippen molar-refractivity contribution in [1.82, 2.24) is 5.32 Å². The van der Waals surface area contributed by atoms with Gasteiger partial charge in [-0.1, -0.05) is 30.3 Å². The summed E-state index contributed by atoms with van der Waals surface area (Å²) < 4.78 is 10.2. The lowest BCUT2D eigenvalue weighted by molar-refractivity contribution is -0.145. The van der Waals surface area contributed by atoms with Gasteiger partial charge in [0.05, 0.1) is 6.61 Å². The molecule has 0 aliphatic rings. The number of hydrogen-bond acceptors (Lipinski definition) is 5. The summed E-state index contributed by atoms with van der Waals surface area (Å²) >= 11 is 0. The number of alkyl carbamates (subject to hydrolysis) is 1. The standard InChI is InChI=1S/C21H31NO5/c1-5-26-19(24)18(22-20(25)27-21(2,3)4)15-14-17(23)13-9-12-16-10-7-6-8-11-16/h6-8,10-11,18H,5,9,12-15H2,1-4H3,(H,22,25)/t18-/m0/s1. The van der Waals surface area contributed by atoms with E-state index in [9.17, 15) is 14.4 Å². The Balaban J connectivity index is 2.45. The van der Waals surface area contributed by atoms with Crippen molar-refractivity contribution in [3.05, 3.63) is 35.9 Å². The molecule has 6 nitrogen and oxygen atoms in total. The Morgan fingerprint density at radius 1 is 1.07 bits per heavy atom. The van der Waals surface area contributed by atoms with Gasteiger partial charge < -0.3 is 14.8 Å². The van der Waals surface area contributed by atoms with Crippen LogP contribution in [0.4, 0.5) is 4.79 Å². The summed E-state index contributed by atoms with van der Waals surface area (Å²) in [5, 5.41) is 2.51. The van der Waals surface area contributed by atoms with E-state index in [0.717, 1.165) is 12.8 Å². The Bertz CT molecular complexity index is 607. The molecule has 0 heterocycles. The number of rotatable bonds is 10. The highest BCUT2D eigenvalue weighted by Gasteiger charge is 2.25. The van der Waals surface area contributed by atoms with Gasteiger partial charge in [-0.25, -0.2) is 9.59 Å². The quantitative estimate of drug-likeness (QED) is 0.627. The van der Waals surface area contributed by atoms with Crippen LogP contribution < -0.4 is 5.32 Å². The van der Waals surface area contributed by atoms with Crippen molar-refractivity contribution >= 4 is 17.8 Å². The van der Waals surface area contributed by atoms with Crippen molar-refractivity contribution in [3.8, 4) is 0 Å². The molecule has 0 saturated heterocycles. The van der Waals surface area contributed by atoms with Crippen molar-refractivity contribution in [2.24, 2.45) is 0 Å². The lowest BCUT2D eigenvalue weighted by Crippen LogP contribution is -2.44. The minimum atomic E-state index is -0.891. The zero-order chi connectivity index (χ0) is 20.3. The highest BCUT2D eigenvalue weighted by atomic mass is 16.6. The maximum atomic E-state index is 12.1. The summed E-state index contributed by atoms with van der Waals surface area (Å²) in [5.41, 5.74) is 0.526. The zero-order valence-corrected chi connectivity index (χ0v) is 16.7. The maximum absolute atomic E-state index is 12.1. The van der Waals surface area contributed by atoms with E-state index in [1.165, 1.54) is 5.56 Å². The molecule has 1 aromatic rings.